The molecule has 1 aromatic carbocycles. The summed E-state index contributed by atoms with van der Waals surface area (Å²) in [6.45, 7) is 0. The molecule has 0 aliphatic carbocycles. The lowest BCUT2D eigenvalue weighted by molar-refractivity contribution is -0.383. The third kappa shape index (κ3) is 3.05. The molecule has 2 aromatic rings. The Bertz CT molecular complexity index is 713. The Morgan fingerprint density at radius 2 is 1.90 bits per heavy atom. The molecule has 7 nitrogen and oxygen atoms in total. The van der Waals surface area contributed by atoms with Gasteiger partial charge in [-0.1, -0.05) is 0 Å². The maximum absolute atomic E-state index is 13.7. The molecule has 0 unspecified atom stereocenters. The molecule has 0 aliphatic rings. The second-order valence-electron chi connectivity index (χ2n) is 3.80. The summed E-state index contributed by atoms with van der Waals surface area (Å²) in [4.78, 5) is 17.8. The van der Waals surface area contributed by atoms with Crippen LogP contribution in [0, 0.1) is 21.7 Å². The third-order valence-electron chi connectivity index (χ3n) is 2.50. The van der Waals surface area contributed by atoms with E-state index in [0.29, 0.717) is 6.07 Å². The summed E-state index contributed by atoms with van der Waals surface area (Å²) in [5.41, 5.74) is -0.605. The van der Waals surface area contributed by atoms with Crippen molar-refractivity contribution in [2.24, 2.45) is 0 Å². The molecular weight excluding hydrogens is 352 g/mol. The van der Waals surface area contributed by atoms with Gasteiger partial charge in [0.2, 0.25) is 11.6 Å². The molecule has 0 atom stereocenters. The van der Waals surface area contributed by atoms with E-state index in [4.69, 9.17) is 0 Å². The summed E-state index contributed by atoms with van der Waals surface area (Å²) < 4.78 is 26.9. The zero-order valence-corrected chi connectivity index (χ0v) is 12.1. The van der Waals surface area contributed by atoms with Crippen LogP contribution in [0.2, 0.25) is 0 Å². The Labute approximate surface area is 125 Å². The Hall–Kier alpha value is -2.36. The lowest BCUT2D eigenvalue weighted by Gasteiger charge is -2.09. The summed E-state index contributed by atoms with van der Waals surface area (Å²) in [5.74, 6) is -1.93. The number of rotatable bonds is 4. The fraction of sp³-hybridized carbons (Fsp3) is 0.0909. The first-order valence-electron chi connectivity index (χ1n) is 5.52. The maximum atomic E-state index is 13.7. The number of hydrogen-bond acceptors (Lipinski definition) is 6. The first kappa shape index (κ1) is 15.0. The average molecular weight is 360 g/mol. The van der Waals surface area contributed by atoms with E-state index in [2.05, 4.69) is 36.5 Å². The molecule has 10 heteroatoms. The van der Waals surface area contributed by atoms with Gasteiger partial charge in [-0.2, -0.15) is 0 Å². The molecule has 2 N–H and O–H groups in total. The van der Waals surface area contributed by atoms with Gasteiger partial charge in [0.05, 0.1) is 15.1 Å². The molecule has 0 spiro atoms. The van der Waals surface area contributed by atoms with Crippen LogP contribution in [0.25, 0.3) is 0 Å². The molecule has 0 amide bonds. The summed E-state index contributed by atoms with van der Waals surface area (Å²) in [5, 5.41) is 16.1. The number of anilines is 3. The normalized spacial score (nSPS) is 10.3. The summed E-state index contributed by atoms with van der Waals surface area (Å²) >= 11 is 2.91. The van der Waals surface area contributed by atoms with Crippen LogP contribution in [-0.2, 0) is 0 Å². The molecule has 0 bridgehead atoms. The number of nitro groups is 1. The molecule has 1 heterocycles. The number of hydrogen-bond donors (Lipinski definition) is 2. The van der Waals surface area contributed by atoms with E-state index >= 15 is 0 Å². The van der Waals surface area contributed by atoms with Crippen LogP contribution in [-0.4, -0.2) is 21.9 Å². The topological polar surface area (TPSA) is 93.0 Å². The van der Waals surface area contributed by atoms with E-state index in [9.17, 15) is 18.9 Å². The molecule has 0 aliphatic heterocycles. The van der Waals surface area contributed by atoms with Crippen LogP contribution in [0.3, 0.4) is 0 Å². The molecule has 0 fully saturated rings. The van der Waals surface area contributed by atoms with Crippen molar-refractivity contribution in [3.63, 3.8) is 0 Å². The zero-order valence-electron chi connectivity index (χ0n) is 10.5. The van der Waals surface area contributed by atoms with Crippen LogP contribution in [0.1, 0.15) is 0 Å². The van der Waals surface area contributed by atoms with Gasteiger partial charge in [-0.3, -0.25) is 10.1 Å². The van der Waals surface area contributed by atoms with Crippen molar-refractivity contribution in [1.29, 1.82) is 0 Å². The monoisotopic (exact) mass is 359 g/mol. The van der Waals surface area contributed by atoms with E-state index in [1.165, 1.54) is 7.05 Å². The Morgan fingerprint density at radius 3 is 2.52 bits per heavy atom. The van der Waals surface area contributed by atoms with E-state index in [1.807, 2.05) is 0 Å². The van der Waals surface area contributed by atoms with Crippen LogP contribution in [0.4, 0.5) is 31.8 Å². The fourth-order valence-electron chi connectivity index (χ4n) is 1.57. The van der Waals surface area contributed by atoms with Crippen LogP contribution in [0.15, 0.2) is 22.9 Å². The first-order valence-corrected chi connectivity index (χ1v) is 6.32. The van der Waals surface area contributed by atoms with Gasteiger partial charge in [-0.15, -0.1) is 0 Å². The van der Waals surface area contributed by atoms with Crippen molar-refractivity contribution in [3.05, 3.63) is 44.7 Å². The highest BCUT2D eigenvalue weighted by Crippen LogP contribution is 2.32. The van der Waals surface area contributed by atoms with Crippen molar-refractivity contribution in [2.75, 3.05) is 17.7 Å². The van der Waals surface area contributed by atoms with E-state index in [0.717, 1.165) is 12.4 Å². The number of halogens is 3. The van der Waals surface area contributed by atoms with Gasteiger partial charge in [0.15, 0.2) is 0 Å². The van der Waals surface area contributed by atoms with E-state index < -0.39 is 22.2 Å². The largest absolute Gasteiger partial charge is 0.367 e. The Kier molecular flexibility index (Phi) is 4.26. The fourth-order valence-corrected chi connectivity index (χ4v) is 1.92. The van der Waals surface area contributed by atoms with Gasteiger partial charge in [0.25, 0.3) is 0 Å². The summed E-state index contributed by atoms with van der Waals surface area (Å²) in [6, 6.07) is 1.77. The van der Waals surface area contributed by atoms with Gasteiger partial charge < -0.3 is 10.6 Å². The van der Waals surface area contributed by atoms with Crippen LogP contribution in [0.5, 0.6) is 0 Å². The van der Waals surface area contributed by atoms with Crippen molar-refractivity contribution in [1.82, 2.24) is 9.97 Å². The second kappa shape index (κ2) is 5.95. The minimum atomic E-state index is -0.908. The van der Waals surface area contributed by atoms with Gasteiger partial charge in [-0.05, 0) is 22.0 Å². The zero-order chi connectivity index (χ0) is 15.6. The first-order chi connectivity index (χ1) is 9.93. The lowest BCUT2D eigenvalue weighted by Crippen LogP contribution is -2.06. The molecular formula is C11H8BrF2N5O2. The van der Waals surface area contributed by atoms with Crippen molar-refractivity contribution >= 4 is 38.9 Å². The standard InChI is InChI=1S/C11H8BrF2N5O2/c1-15-10-9(19(20)21)11(17-4-16-10)18-8-2-5(12)6(13)3-7(8)14/h2-4H,1H3,(H2,15,16,17,18). The Morgan fingerprint density at radius 1 is 1.24 bits per heavy atom. The van der Waals surface area contributed by atoms with E-state index in [1.54, 1.807) is 0 Å². The summed E-state index contributed by atoms with van der Waals surface area (Å²) in [7, 11) is 1.45. The minimum absolute atomic E-state index is 0.0111. The molecule has 110 valence electrons. The SMILES string of the molecule is CNc1ncnc(Nc2cc(Br)c(F)cc2F)c1[N+](=O)[O-]. The number of nitrogens with zero attached hydrogens (tertiary/aromatic N) is 3. The third-order valence-corrected chi connectivity index (χ3v) is 3.11. The smallest absolute Gasteiger partial charge is 0.353 e. The molecule has 0 saturated carbocycles. The highest BCUT2D eigenvalue weighted by atomic mass is 79.9. The predicted octanol–water partition coefficient (Wildman–Crippen LogP) is 3.21. The van der Waals surface area contributed by atoms with E-state index in [-0.39, 0.29) is 21.8 Å². The second-order valence-corrected chi connectivity index (χ2v) is 4.65. The molecule has 0 saturated heterocycles. The van der Waals surface area contributed by atoms with Crippen LogP contribution < -0.4 is 10.6 Å². The van der Waals surface area contributed by atoms with Crippen molar-refractivity contribution in [3.8, 4) is 0 Å². The minimum Gasteiger partial charge on any atom is -0.367 e. The van der Waals surface area contributed by atoms with Gasteiger partial charge >= 0.3 is 5.69 Å². The summed E-state index contributed by atoms with van der Waals surface area (Å²) in [6.07, 6.45) is 1.08. The molecule has 21 heavy (non-hydrogen) atoms. The van der Waals surface area contributed by atoms with Gasteiger partial charge in [0.1, 0.15) is 18.0 Å². The van der Waals surface area contributed by atoms with Gasteiger partial charge in [0, 0.05) is 13.1 Å². The molecule has 1 aromatic heterocycles. The number of aromatic nitrogens is 2. The van der Waals surface area contributed by atoms with Crippen molar-refractivity contribution in [2.45, 2.75) is 0 Å². The number of nitrogens with one attached hydrogen (secondary N) is 2. The maximum Gasteiger partial charge on any atom is 0.353 e. The molecule has 0 radical (unpaired) electrons. The average Bonchev–Trinajstić information content (AvgIpc) is 2.44. The number of benzene rings is 1. The van der Waals surface area contributed by atoms with Crippen LogP contribution >= 0.6 is 15.9 Å². The van der Waals surface area contributed by atoms with Gasteiger partial charge in [-0.25, -0.2) is 18.7 Å². The predicted molar refractivity (Wildman–Crippen MR) is 75.6 cm³/mol. The molecule has 2 rings (SSSR count). The highest BCUT2D eigenvalue weighted by Gasteiger charge is 2.23. The highest BCUT2D eigenvalue weighted by molar-refractivity contribution is 9.10. The quantitative estimate of drug-likeness (QED) is 0.494. The Balaban J connectivity index is 2.49. The van der Waals surface area contributed by atoms with Crippen molar-refractivity contribution < 1.29 is 13.7 Å². The lowest BCUT2D eigenvalue weighted by atomic mass is 10.3.